The Morgan fingerprint density at radius 2 is 1.86 bits per heavy atom. The van der Waals surface area contributed by atoms with Crippen molar-refractivity contribution >= 4 is 27.6 Å². The van der Waals surface area contributed by atoms with Crippen LogP contribution >= 0.6 is 0 Å². The molecule has 0 spiro atoms. The summed E-state index contributed by atoms with van der Waals surface area (Å²) < 4.78 is 22.8. The molecule has 1 rings (SSSR count). The molecule has 7 nitrogen and oxygen atoms in total. The molecule has 0 fully saturated rings. The first-order chi connectivity index (χ1) is 9.71. The van der Waals surface area contributed by atoms with Gasteiger partial charge < -0.3 is 10.4 Å². The molecule has 0 unspecified atom stereocenters. The van der Waals surface area contributed by atoms with Gasteiger partial charge in [-0.25, -0.2) is 13.6 Å². The van der Waals surface area contributed by atoms with Crippen LogP contribution in [0.2, 0.25) is 0 Å². The maximum Gasteiger partial charge on any atom is 0.303 e. The highest BCUT2D eigenvalue weighted by Gasteiger charge is 2.14. The number of amides is 1. The Labute approximate surface area is 123 Å². The fraction of sp³-hybridized carbons (Fsp3) is 0.385. The molecule has 0 aromatic heterocycles. The van der Waals surface area contributed by atoms with Gasteiger partial charge in [-0.2, -0.15) is 0 Å². The number of carbonyl (C=O) groups is 2. The van der Waals surface area contributed by atoms with E-state index in [1.54, 1.807) is 13.0 Å². The van der Waals surface area contributed by atoms with Crippen molar-refractivity contribution < 1.29 is 23.1 Å². The zero-order valence-electron chi connectivity index (χ0n) is 11.6. The van der Waals surface area contributed by atoms with E-state index < -0.39 is 16.0 Å². The van der Waals surface area contributed by atoms with Gasteiger partial charge in [0.05, 0.1) is 4.90 Å². The molecule has 1 aromatic carbocycles. The lowest BCUT2D eigenvalue weighted by molar-refractivity contribution is -0.137. The van der Waals surface area contributed by atoms with Crippen molar-refractivity contribution in [2.24, 2.45) is 5.14 Å². The molecule has 0 saturated carbocycles. The fourth-order valence-electron chi connectivity index (χ4n) is 1.83. The molecule has 4 N–H and O–H groups in total. The predicted octanol–water partition coefficient (Wildman–Crippen LogP) is 1.23. The molecule has 21 heavy (non-hydrogen) atoms. The summed E-state index contributed by atoms with van der Waals surface area (Å²) in [7, 11) is -3.84. The fourth-order valence-corrected chi connectivity index (χ4v) is 2.64. The molecule has 0 bridgehead atoms. The van der Waals surface area contributed by atoms with Crippen LogP contribution in [0.25, 0.3) is 0 Å². The molecule has 0 radical (unpaired) electrons. The average molecular weight is 314 g/mol. The van der Waals surface area contributed by atoms with E-state index in [0.29, 0.717) is 24.1 Å². The van der Waals surface area contributed by atoms with Gasteiger partial charge in [0, 0.05) is 18.5 Å². The number of nitrogens with one attached hydrogen (secondary N) is 1. The molecule has 116 valence electrons. The molecule has 8 heteroatoms. The van der Waals surface area contributed by atoms with Gasteiger partial charge in [-0.1, -0.05) is 6.07 Å². The topological polar surface area (TPSA) is 127 Å². The van der Waals surface area contributed by atoms with E-state index in [4.69, 9.17) is 10.2 Å². The monoisotopic (exact) mass is 314 g/mol. The van der Waals surface area contributed by atoms with Crippen LogP contribution in [0.4, 0.5) is 5.69 Å². The van der Waals surface area contributed by atoms with Crippen molar-refractivity contribution in [2.45, 2.75) is 37.5 Å². The second kappa shape index (κ2) is 7.19. The lowest BCUT2D eigenvalue weighted by Gasteiger charge is -2.11. The minimum atomic E-state index is -3.84. The Hall–Kier alpha value is -1.93. The summed E-state index contributed by atoms with van der Waals surface area (Å²) in [6.45, 7) is 1.56. The van der Waals surface area contributed by atoms with Crippen molar-refractivity contribution in [1.82, 2.24) is 0 Å². The third kappa shape index (κ3) is 5.52. The van der Waals surface area contributed by atoms with Crippen LogP contribution in [0.15, 0.2) is 23.1 Å². The van der Waals surface area contributed by atoms with E-state index in [2.05, 4.69) is 5.32 Å². The number of carboxylic acids is 1. The van der Waals surface area contributed by atoms with Gasteiger partial charge in [-0.3, -0.25) is 9.59 Å². The number of primary sulfonamides is 1. The van der Waals surface area contributed by atoms with Crippen LogP contribution < -0.4 is 10.5 Å². The Bertz CT molecular complexity index is 640. The number of carbonyl (C=O) groups excluding carboxylic acids is 1. The molecule has 1 aromatic rings. The quantitative estimate of drug-likeness (QED) is 0.652. The standard InChI is InChI=1S/C13H18N2O5S/c1-9-10(5-4-6-11(9)21(14,19)20)15-12(16)7-2-3-8-13(17)18/h4-6H,2-3,7-8H2,1H3,(H,15,16)(H,17,18)(H2,14,19,20). The number of hydrogen-bond acceptors (Lipinski definition) is 4. The van der Waals surface area contributed by atoms with Gasteiger partial charge in [0.15, 0.2) is 0 Å². The molecule has 0 aliphatic carbocycles. The summed E-state index contributed by atoms with van der Waals surface area (Å²) >= 11 is 0. The third-order valence-corrected chi connectivity index (χ3v) is 3.96. The van der Waals surface area contributed by atoms with Gasteiger partial charge in [-0.05, 0) is 37.5 Å². The molecular weight excluding hydrogens is 296 g/mol. The number of nitrogens with two attached hydrogens (primary N) is 1. The van der Waals surface area contributed by atoms with E-state index >= 15 is 0 Å². The summed E-state index contributed by atoms with van der Waals surface area (Å²) in [5.41, 5.74) is 0.753. The van der Waals surface area contributed by atoms with E-state index in [9.17, 15) is 18.0 Å². The second-order valence-electron chi connectivity index (χ2n) is 4.62. The van der Waals surface area contributed by atoms with Crippen LogP contribution in [-0.2, 0) is 19.6 Å². The third-order valence-electron chi connectivity index (χ3n) is 2.91. The number of hydrogen-bond donors (Lipinski definition) is 3. The van der Waals surface area contributed by atoms with Crippen molar-refractivity contribution in [1.29, 1.82) is 0 Å². The highest BCUT2D eigenvalue weighted by Crippen LogP contribution is 2.22. The Kier molecular flexibility index (Phi) is 5.86. The summed E-state index contributed by atoms with van der Waals surface area (Å²) in [6.07, 6.45) is 1.06. The summed E-state index contributed by atoms with van der Waals surface area (Å²) in [6, 6.07) is 4.44. The van der Waals surface area contributed by atoms with Gasteiger partial charge in [-0.15, -0.1) is 0 Å². The Balaban J connectivity index is 2.67. The first-order valence-corrected chi connectivity index (χ1v) is 7.90. The predicted molar refractivity (Wildman–Crippen MR) is 77.3 cm³/mol. The number of aliphatic carboxylic acids is 1. The number of rotatable bonds is 7. The largest absolute Gasteiger partial charge is 0.481 e. The number of unbranched alkanes of at least 4 members (excludes halogenated alkanes) is 1. The minimum Gasteiger partial charge on any atom is -0.481 e. The van der Waals surface area contributed by atoms with E-state index in [1.165, 1.54) is 12.1 Å². The molecule has 0 aliphatic heterocycles. The van der Waals surface area contributed by atoms with Crippen molar-refractivity contribution in [2.75, 3.05) is 5.32 Å². The Morgan fingerprint density at radius 3 is 2.43 bits per heavy atom. The maximum atomic E-state index is 11.7. The molecule has 0 aliphatic rings. The van der Waals surface area contributed by atoms with E-state index in [1.807, 2.05) is 0 Å². The summed E-state index contributed by atoms with van der Waals surface area (Å²) in [5, 5.41) is 16.2. The maximum absolute atomic E-state index is 11.7. The first kappa shape index (κ1) is 17.1. The lowest BCUT2D eigenvalue weighted by Crippen LogP contribution is -2.16. The summed E-state index contributed by atoms with van der Waals surface area (Å²) in [4.78, 5) is 22.0. The van der Waals surface area contributed by atoms with Crippen LogP contribution in [0.3, 0.4) is 0 Å². The normalized spacial score (nSPS) is 11.1. The number of anilines is 1. The molecule has 0 atom stereocenters. The molecule has 0 heterocycles. The first-order valence-electron chi connectivity index (χ1n) is 6.36. The van der Waals surface area contributed by atoms with Crippen LogP contribution in [0, 0.1) is 6.92 Å². The summed E-state index contributed by atoms with van der Waals surface area (Å²) in [5.74, 6) is -1.19. The van der Waals surface area contributed by atoms with Gasteiger partial charge in [0.1, 0.15) is 0 Å². The van der Waals surface area contributed by atoms with Gasteiger partial charge in [0.2, 0.25) is 15.9 Å². The number of sulfonamides is 1. The second-order valence-corrected chi connectivity index (χ2v) is 6.15. The highest BCUT2D eigenvalue weighted by atomic mass is 32.2. The number of benzene rings is 1. The molecule has 1 amide bonds. The van der Waals surface area contributed by atoms with Crippen molar-refractivity contribution in [3.63, 3.8) is 0 Å². The minimum absolute atomic E-state index is 0.0210. The zero-order valence-corrected chi connectivity index (χ0v) is 12.4. The van der Waals surface area contributed by atoms with Gasteiger partial charge >= 0.3 is 5.97 Å². The van der Waals surface area contributed by atoms with Crippen LogP contribution in [0.5, 0.6) is 0 Å². The lowest BCUT2D eigenvalue weighted by atomic mass is 10.1. The smallest absolute Gasteiger partial charge is 0.303 e. The number of carboxylic acid groups (broad SMARTS) is 1. The van der Waals surface area contributed by atoms with Crippen LogP contribution in [-0.4, -0.2) is 25.4 Å². The van der Waals surface area contributed by atoms with Crippen molar-refractivity contribution in [3.05, 3.63) is 23.8 Å². The van der Waals surface area contributed by atoms with E-state index in [0.717, 1.165) is 0 Å². The van der Waals surface area contributed by atoms with Crippen molar-refractivity contribution in [3.8, 4) is 0 Å². The van der Waals surface area contributed by atoms with Crippen LogP contribution in [0.1, 0.15) is 31.2 Å². The zero-order chi connectivity index (χ0) is 16.0. The molecular formula is C13H18N2O5S. The van der Waals surface area contributed by atoms with E-state index in [-0.39, 0.29) is 23.6 Å². The SMILES string of the molecule is Cc1c(NC(=O)CCCCC(=O)O)cccc1S(N)(=O)=O. The van der Waals surface area contributed by atoms with Gasteiger partial charge in [0.25, 0.3) is 0 Å². The average Bonchev–Trinajstić information content (AvgIpc) is 2.35. The Morgan fingerprint density at radius 1 is 1.24 bits per heavy atom. The highest BCUT2D eigenvalue weighted by molar-refractivity contribution is 7.89. The molecule has 0 saturated heterocycles.